The molecule has 3 nitrogen and oxygen atoms in total. The molecule has 4 rings (SSSR count). The Morgan fingerprint density at radius 3 is 2.47 bits per heavy atom. The molecule has 0 amide bonds. The molecule has 0 aliphatic heterocycles. The fraction of sp³-hybridized carbons (Fsp3) is 0.792. The maximum atomic E-state index is 14.2. The highest BCUT2D eigenvalue weighted by molar-refractivity contribution is 5.86. The molecule has 0 bridgehead atoms. The average molecular weight is 427 g/mol. The van der Waals surface area contributed by atoms with Gasteiger partial charge in [0.15, 0.2) is 5.78 Å². The van der Waals surface area contributed by atoms with Crippen LogP contribution in [-0.2, 0) is 9.53 Å². The highest BCUT2D eigenvalue weighted by Crippen LogP contribution is 2.68. The topological polar surface area (TPSA) is 46.5 Å². The number of hydrogen-bond acceptors (Lipinski definition) is 3. The number of ketones is 1. The minimum atomic E-state index is -4.39. The van der Waals surface area contributed by atoms with Crippen molar-refractivity contribution in [2.45, 2.75) is 84.4 Å². The van der Waals surface area contributed by atoms with Crippen molar-refractivity contribution >= 4 is 5.78 Å². The number of allylic oxidation sites excluding steroid dienone is 4. The average Bonchev–Trinajstić information content (AvgIpc) is 2.93. The van der Waals surface area contributed by atoms with Gasteiger partial charge in [0.25, 0.3) is 0 Å². The van der Waals surface area contributed by atoms with Crippen LogP contribution < -0.4 is 0 Å². The second kappa shape index (κ2) is 6.85. The maximum absolute atomic E-state index is 14.2. The zero-order valence-electron chi connectivity index (χ0n) is 18.4. The van der Waals surface area contributed by atoms with Crippen LogP contribution >= 0.6 is 0 Å². The SMILES string of the molecule is CCOC1=CC2=C(C(F)(F)F)C[C@@H]3[C@H](CC[C@@]4(C)[C@H]3CC[C@]4(O)C(C)=O)[C@@]2(C)CC1. The van der Waals surface area contributed by atoms with Crippen molar-refractivity contribution in [3.05, 3.63) is 23.0 Å². The summed E-state index contributed by atoms with van der Waals surface area (Å²) in [6.07, 6.45) is 0.952. The van der Waals surface area contributed by atoms with Crippen molar-refractivity contribution in [3.8, 4) is 0 Å². The molecule has 0 aromatic rings. The Kier molecular flexibility index (Phi) is 5.00. The van der Waals surface area contributed by atoms with Gasteiger partial charge >= 0.3 is 6.18 Å². The number of hydrogen-bond donors (Lipinski definition) is 1. The van der Waals surface area contributed by atoms with Gasteiger partial charge in [0.1, 0.15) is 5.60 Å². The fourth-order valence-electron chi connectivity index (χ4n) is 7.60. The summed E-state index contributed by atoms with van der Waals surface area (Å²) in [4.78, 5) is 12.3. The summed E-state index contributed by atoms with van der Waals surface area (Å²) in [6, 6.07) is 0. The number of alkyl halides is 3. The van der Waals surface area contributed by atoms with E-state index in [2.05, 4.69) is 0 Å². The highest BCUT2D eigenvalue weighted by atomic mass is 19.4. The molecule has 0 radical (unpaired) electrons. The lowest BCUT2D eigenvalue weighted by molar-refractivity contribution is -0.161. The second-order valence-electron chi connectivity index (χ2n) is 10.3. The number of rotatable bonds is 3. The zero-order valence-corrected chi connectivity index (χ0v) is 18.4. The van der Waals surface area contributed by atoms with Crippen molar-refractivity contribution in [3.63, 3.8) is 0 Å². The van der Waals surface area contributed by atoms with Gasteiger partial charge in [-0.15, -0.1) is 0 Å². The molecule has 0 unspecified atom stereocenters. The van der Waals surface area contributed by atoms with E-state index in [1.54, 1.807) is 6.08 Å². The number of halogens is 3. The number of ether oxygens (including phenoxy) is 1. The van der Waals surface area contributed by atoms with Crippen molar-refractivity contribution in [1.82, 2.24) is 0 Å². The van der Waals surface area contributed by atoms with E-state index in [1.807, 2.05) is 20.8 Å². The third-order valence-corrected chi connectivity index (χ3v) is 9.24. The molecule has 2 saturated carbocycles. The maximum Gasteiger partial charge on any atom is 0.412 e. The molecule has 6 atom stereocenters. The first-order chi connectivity index (χ1) is 13.9. The summed E-state index contributed by atoms with van der Waals surface area (Å²) in [5.74, 6) is 0.299. The minimum Gasteiger partial charge on any atom is -0.498 e. The van der Waals surface area contributed by atoms with Gasteiger partial charge in [-0.05, 0) is 87.2 Å². The first-order valence-corrected chi connectivity index (χ1v) is 11.3. The molecular weight excluding hydrogens is 393 g/mol. The lowest BCUT2D eigenvalue weighted by atomic mass is 9.46. The largest absolute Gasteiger partial charge is 0.498 e. The van der Waals surface area contributed by atoms with Crippen LogP contribution in [0.4, 0.5) is 13.2 Å². The summed E-state index contributed by atoms with van der Waals surface area (Å²) in [7, 11) is 0. The second-order valence-corrected chi connectivity index (χ2v) is 10.3. The first-order valence-electron chi connectivity index (χ1n) is 11.3. The van der Waals surface area contributed by atoms with Crippen molar-refractivity contribution in [1.29, 1.82) is 0 Å². The Labute approximate surface area is 176 Å². The zero-order chi connectivity index (χ0) is 22.1. The monoisotopic (exact) mass is 426 g/mol. The van der Waals surface area contributed by atoms with Gasteiger partial charge in [-0.2, -0.15) is 13.2 Å². The third-order valence-electron chi connectivity index (χ3n) is 9.24. The van der Waals surface area contributed by atoms with E-state index in [9.17, 15) is 23.1 Å². The smallest absolute Gasteiger partial charge is 0.412 e. The highest BCUT2D eigenvalue weighted by Gasteiger charge is 2.66. The van der Waals surface area contributed by atoms with E-state index in [1.165, 1.54) is 6.92 Å². The minimum absolute atomic E-state index is 0.0246. The number of carbonyl (C=O) groups is 1. The molecule has 0 aromatic carbocycles. The summed E-state index contributed by atoms with van der Waals surface area (Å²) in [5, 5.41) is 11.2. The van der Waals surface area contributed by atoms with E-state index in [4.69, 9.17) is 4.74 Å². The number of aliphatic hydroxyl groups is 1. The van der Waals surface area contributed by atoms with Crippen LogP contribution in [0.25, 0.3) is 0 Å². The molecule has 0 spiro atoms. The number of fused-ring (bicyclic) bond motifs is 5. The lowest BCUT2D eigenvalue weighted by Crippen LogP contribution is -2.57. The van der Waals surface area contributed by atoms with Gasteiger partial charge in [0.05, 0.1) is 12.4 Å². The summed E-state index contributed by atoms with van der Waals surface area (Å²) >= 11 is 0. The molecule has 0 aromatic heterocycles. The molecule has 6 heteroatoms. The molecule has 0 heterocycles. The van der Waals surface area contributed by atoms with Gasteiger partial charge in [-0.3, -0.25) is 4.79 Å². The Hall–Kier alpha value is -1.30. The van der Waals surface area contributed by atoms with Crippen LogP contribution in [0.3, 0.4) is 0 Å². The third kappa shape index (κ3) is 2.85. The number of Topliss-reactive ketones (excluding diaryl/α,β-unsaturated/α-hetero) is 1. The molecular formula is C24H33F3O3. The Morgan fingerprint density at radius 1 is 1.20 bits per heavy atom. The van der Waals surface area contributed by atoms with Crippen molar-refractivity contribution in [2.24, 2.45) is 28.6 Å². The quantitative estimate of drug-likeness (QED) is 0.627. The molecule has 1 N–H and O–H groups in total. The predicted molar refractivity (Wildman–Crippen MR) is 107 cm³/mol. The van der Waals surface area contributed by atoms with Gasteiger partial charge < -0.3 is 9.84 Å². The van der Waals surface area contributed by atoms with Gasteiger partial charge in [-0.1, -0.05) is 13.8 Å². The van der Waals surface area contributed by atoms with Crippen LogP contribution in [-0.4, -0.2) is 29.3 Å². The molecule has 168 valence electrons. The molecule has 4 aliphatic carbocycles. The van der Waals surface area contributed by atoms with Crippen LogP contribution in [0, 0.1) is 28.6 Å². The Morgan fingerprint density at radius 2 is 1.87 bits per heavy atom. The van der Waals surface area contributed by atoms with Crippen molar-refractivity contribution < 1.29 is 27.8 Å². The van der Waals surface area contributed by atoms with E-state index in [-0.39, 0.29) is 30.0 Å². The normalized spacial score (nSPS) is 43.5. The molecule has 2 fully saturated rings. The fourth-order valence-corrected chi connectivity index (χ4v) is 7.60. The van der Waals surface area contributed by atoms with Gasteiger partial charge in [0, 0.05) is 17.4 Å². The van der Waals surface area contributed by atoms with Crippen LogP contribution in [0.1, 0.15) is 72.6 Å². The Balaban J connectivity index is 1.81. The molecule has 4 aliphatic rings. The van der Waals surface area contributed by atoms with E-state index < -0.39 is 28.2 Å². The van der Waals surface area contributed by atoms with Crippen LogP contribution in [0.15, 0.2) is 23.0 Å². The Bertz CT molecular complexity index is 813. The summed E-state index contributed by atoms with van der Waals surface area (Å²) in [6.45, 7) is 7.66. The van der Waals surface area contributed by atoms with Gasteiger partial charge in [-0.25, -0.2) is 0 Å². The van der Waals surface area contributed by atoms with E-state index in [0.29, 0.717) is 50.0 Å². The van der Waals surface area contributed by atoms with Crippen LogP contribution in [0.5, 0.6) is 0 Å². The standard InChI is InChI=1S/C24H33F3O3/c1-5-30-15-6-9-21(3)17-7-10-22(4)18(8-11-23(22,29)14(2)28)16(17)13-20(19(21)12-15)24(25,26)27/h12,16-18,29H,5-11,13H2,1-4H3/t16-,17+,18+,21-,22+,23+/m1/s1. The summed E-state index contributed by atoms with van der Waals surface area (Å²) in [5.41, 5.74) is -2.63. The first kappa shape index (κ1) is 21.9. The van der Waals surface area contributed by atoms with E-state index in [0.717, 1.165) is 6.42 Å². The summed E-state index contributed by atoms with van der Waals surface area (Å²) < 4.78 is 48.3. The van der Waals surface area contributed by atoms with Crippen LogP contribution in [0.2, 0.25) is 0 Å². The molecule has 30 heavy (non-hydrogen) atoms. The lowest BCUT2D eigenvalue weighted by Gasteiger charge is -2.58. The van der Waals surface area contributed by atoms with E-state index >= 15 is 0 Å². The predicted octanol–water partition coefficient (Wildman–Crippen LogP) is 5.73. The van der Waals surface area contributed by atoms with Crippen molar-refractivity contribution in [2.75, 3.05) is 6.61 Å². The number of carbonyl (C=O) groups excluding carboxylic acids is 1. The molecule has 0 saturated heterocycles. The van der Waals surface area contributed by atoms with Gasteiger partial charge in [0.2, 0.25) is 0 Å².